The van der Waals surface area contributed by atoms with Gasteiger partial charge in [-0.3, -0.25) is 9.59 Å². The SMILES string of the molecule is CC(C)(C)CC1NC(C(=O)NC2CCC(O)CC2)C(c2cccc(Cl)c2F)C12C(=O)Sc1cc(F)c(F)cc12. The van der Waals surface area contributed by atoms with E-state index in [1.54, 1.807) is 6.07 Å². The highest BCUT2D eigenvalue weighted by Gasteiger charge is 2.66. The van der Waals surface area contributed by atoms with Crippen LogP contribution in [0.3, 0.4) is 0 Å². The second-order valence-corrected chi connectivity index (χ2v) is 13.5. The zero-order chi connectivity index (χ0) is 28.3. The molecule has 1 saturated carbocycles. The molecule has 0 radical (unpaired) electrons. The summed E-state index contributed by atoms with van der Waals surface area (Å²) in [6.07, 6.45) is 2.28. The Labute approximate surface area is 235 Å². The van der Waals surface area contributed by atoms with Gasteiger partial charge in [0.1, 0.15) is 5.82 Å². The molecule has 2 fully saturated rings. The van der Waals surface area contributed by atoms with Gasteiger partial charge in [0.2, 0.25) is 11.0 Å². The van der Waals surface area contributed by atoms with Gasteiger partial charge in [0.05, 0.1) is 22.6 Å². The van der Waals surface area contributed by atoms with Gasteiger partial charge in [0.15, 0.2) is 11.6 Å². The van der Waals surface area contributed by atoms with Gasteiger partial charge in [-0.25, -0.2) is 13.2 Å². The van der Waals surface area contributed by atoms with E-state index in [0.29, 0.717) is 32.1 Å². The normalized spacial score (nSPS) is 30.6. The van der Waals surface area contributed by atoms with Gasteiger partial charge in [-0.05, 0) is 66.8 Å². The van der Waals surface area contributed by atoms with Gasteiger partial charge in [-0.2, -0.15) is 0 Å². The van der Waals surface area contributed by atoms with Crippen molar-refractivity contribution in [1.29, 1.82) is 0 Å². The van der Waals surface area contributed by atoms with Gasteiger partial charge in [-0.1, -0.05) is 56.3 Å². The first-order chi connectivity index (χ1) is 18.3. The molecule has 1 spiro atoms. The number of halogens is 4. The first-order valence-electron chi connectivity index (χ1n) is 13.2. The lowest BCUT2D eigenvalue weighted by Crippen LogP contribution is -2.49. The first kappa shape index (κ1) is 28.5. The number of carbonyl (C=O) groups excluding carboxylic acids is 2. The summed E-state index contributed by atoms with van der Waals surface area (Å²) in [7, 11) is 0. The van der Waals surface area contributed by atoms with Crippen molar-refractivity contribution >= 4 is 34.4 Å². The van der Waals surface area contributed by atoms with Crippen molar-refractivity contribution in [1.82, 2.24) is 10.6 Å². The minimum Gasteiger partial charge on any atom is -0.393 e. The number of thioether (sulfide) groups is 1. The highest BCUT2D eigenvalue weighted by atomic mass is 35.5. The number of aliphatic hydroxyl groups excluding tert-OH is 1. The molecule has 210 valence electrons. The monoisotopic (exact) mass is 580 g/mol. The third-order valence-corrected chi connectivity index (χ3v) is 9.59. The molecule has 4 atom stereocenters. The number of carbonyl (C=O) groups is 2. The van der Waals surface area contributed by atoms with Crippen LogP contribution in [0, 0.1) is 22.9 Å². The Morgan fingerprint density at radius 3 is 2.49 bits per heavy atom. The van der Waals surface area contributed by atoms with Crippen LogP contribution >= 0.6 is 23.4 Å². The van der Waals surface area contributed by atoms with Crippen molar-refractivity contribution in [3.8, 4) is 0 Å². The number of rotatable bonds is 4. The van der Waals surface area contributed by atoms with Crippen LogP contribution in [0.1, 0.15) is 69.9 Å². The molecule has 4 unspecified atom stereocenters. The van der Waals surface area contributed by atoms with Crippen LogP contribution in [0.15, 0.2) is 35.2 Å². The van der Waals surface area contributed by atoms with Crippen LogP contribution < -0.4 is 10.6 Å². The first-order valence-corrected chi connectivity index (χ1v) is 14.4. The lowest BCUT2D eigenvalue weighted by molar-refractivity contribution is -0.124. The van der Waals surface area contributed by atoms with E-state index >= 15 is 4.39 Å². The van der Waals surface area contributed by atoms with E-state index in [0.717, 1.165) is 23.9 Å². The number of hydrogen-bond donors (Lipinski definition) is 3. The quantitative estimate of drug-likeness (QED) is 0.438. The van der Waals surface area contributed by atoms with E-state index in [9.17, 15) is 23.5 Å². The van der Waals surface area contributed by atoms with Crippen molar-refractivity contribution in [2.45, 2.75) is 93.3 Å². The molecule has 1 amide bonds. The van der Waals surface area contributed by atoms with Crippen molar-refractivity contribution in [2.75, 3.05) is 0 Å². The van der Waals surface area contributed by atoms with E-state index in [2.05, 4.69) is 10.6 Å². The van der Waals surface area contributed by atoms with Gasteiger partial charge in [0, 0.05) is 22.9 Å². The van der Waals surface area contributed by atoms with E-state index in [-0.39, 0.29) is 32.5 Å². The van der Waals surface area contributed by atoms with Gasteiger partial charge >= 0.3 is 0 Å². The van der Waals surface area contributed by atoms with E-state index in [4.69, 9.17) is 11.6 Å². The molecular weight excluding hydrogens is 549 g/mol. The molecule has 0 aromatic heterocycles. The average molecular weight is 581 g/mol. The van der Waals surface area contributed by atoms with Crippen molar-refractivity contribution < 1.29 is 27.9 Å². The van der Waals surface area contributed by atoms with Crippen molar-refractivity contribution in [3.63, 3.8) is 0 Å². The highest BCUT2D eigenvalue weighted by molar-refractivity contribution is 8.14. The minimum atomic E-state index is -1.56. The van der Waals surface area contributed by atoms with Crippen LogP contribution in [0.2, 0.25) is 5.02 Å². The number of aliphatic hydroxyl groups is 1. The second kappa shape index (κ2) is 10.4. The number of fused-ring (bicyclic) bond motifs is 2. The Kier molecular flexibility index (Phi) is 7.59. The Bertz CT molecular complexity index is 1310. The number of benzene rings is 2. The lowest BCUT2D eigenvalue weighted by Gasteiger charge is -2.38. The molecule has 5 rings (SSSR count). The predicted octanol–water partition coefficient (Wildman–Crippen LogP) is 5.61. The Morgan fingerprint density at radius 1 is 1.15 bits per heavy atom. The average Bonchev–Trinajstić information content (AvgIpc) is 3.32. The molecule has 10 heteroatoms. The fraction of sp³-hybridized carbons (Fsp3) is 0.517. The lowest BCUT2D eigenvalue weighted by atomic mass is 9.62. The van der Waals surface area contributed by atoms with E-state index in [1.165, 1.54) is 12.1 Å². The fourth-order valence-corrected chi connectivity index (χ4v) is 7.96. The molecule has 3 N–H and O–H groups in total. The summed E-state index contributed by atoms with van der Waals surface area (Å²) in [6.45, 7) is 5.95. The third kappa shape index (κ3) is 5.00. The van der Waals surface area contributed by atoms with Crippen LogP contribution in [0.25, 0.3) is 0 Å². The van der Waals surface area contributed by atoms with Crippen LogP contribution in [-0.4, -0.2) is 40.4 Å². The van der Waals surface area contributed by atoms with Crippen LogP contribution in [0.5, 0.6) is 0 Å². The topological polar surface area (TPSA) is 78.4 Å². The number of amides is 1. The Balaban J connectivity index is 1.69. The van der Waals surface area contributed by atoms with E-state index in [1.807, 2.05) is 20.8 Å². The Hall–Kier alpha value is -2.07. The Morgan fingerprint density at radius 2 is 1.82 bits per heavy atom. The summed E-state index contributed by atoms with van der Waals surface area (Å²) < 4.78 is 44.8. The zero-order valence-electron chi connectivity index (χ0n) is 22.0. The summed E-state index contributed by atoms with van der Waals surface area (Å²) in [5.74, 6) is -4.44. The third-order valence-electron chi connectivity index (χ3n) is 8.22. The molecule has 0 bridgehead atoms. The van der Waals surface area contributed by atoms with Gasteiger partial charge in [-0.15, -0.1) is 0 Å². The molecule has 2 aromatic carbocycles. The summed E-state index contributed by atoms with van der Waals surface area (Å²) in [6, 6.07) is 4.55. The highest BCUT2D eigenvalue weighted by Crippen LogP contribution is 2.60. The largest absolute Gasteiger partial charge is 0.393 e. The maximum absolute atomic E-state index is 15.8. The maximum atomic E-state index is 15.8. The molecule has 39 heavy (non-hydrogen) atoms. The molecule has 5 nitrogen and oxygen atoms in total. The van der Waals surface area contributed by atoms with Crippen LogP contribution in [-0.2, 0) is 15.0 Å². The smallest absolute Gasteiger partial charge is 0.238 e. The van der Waals surface area contributed by atoms with Gasteiger partial charge in [0.25, 0.3) is 0 Å². The molecule has 1 aliphatic carbocycles. The fourth-order valence-electron chi connectivity index (χ4n) is 6.54. The number of hydrogen-bond acceptors (Lipinski definition) is 5. The van der Waals surface area contributed by atoms with Crippen molar-refractivity contribution in [3.05, 3.63) is 63.9 Å². The molecular formula is C29H32ClF3N2O3S. The standard InChI is InChI=1S/C29H32ClF3N2O3S/c1-28(2,3)13-22-29(17-11-19(31)20(32)12-21(17)39-27(29)38)23(16-5-4-6-18(30)24(16)33)25(35-22)26(37)34-14-7-9-15(36)10-8-14/h4-6,11-12,14-15,22-23,25,35-36H,7-10,13H2,1-3H3,(H,34,37). The van der Waals surface area contributed by atoms with Gasteiger partial charge < -0.3 is 15.7 Å². The maximum Gasteiger partial charge on any atom is 0.238 e. The van der Waals surface area contributed by atoms with E-state index < -0.39 is 58.0 Å². The molecule has 2 heterocycles. The molecule has 1 saturated heterocycles. The van der Waals surface area contributed by atoms with Crippen LogP contribution in [0.4, 0.5) is 13.2 Å². The summed E-state index contributed by atoms with van der Waals surface area (Å²) in [5, 5.41) is 15.7. The molecule has 2 aromatic rings. The predicted molar refractivity (Wildman–Crippen MR) is 144 cm³/mol. The summed E-state index contributed by atoms with van der Waals surface area (Å²) >= 11 is 6.99. The summed E-state index contributed by atoms with van der Waals surface area (Å²) in [4.78, 5) is 28.3. The summed E-state index contributed by atoms with van der Waals surface area (Å²) in [5.41, 5.74) is -1.58. The number of nitrogens with one attached hydrogen (secondary N) is 2. The van der Waals surface area contributed by atoms with Crippen molar-refractivity contribution in [2.24, 2.45) is 5.41 Å². The zero-order valence-corrected chi connectivity index (χ0v) is 23.6. The molecule has 3 aliphatic rings. The second-order valence-electron chi connectivity index (χ2n) is 12.1. The molecule has 2 aliphatic heterocycles. The minimum absolute atomic E-state index is 0.0668.